The van der Waals surface area contributed by atoms with Crippen molar-refractivity contribution in [1.82, 2.24) is 9.78 Å². The van der Waals surface area contributed by atoms with Crippen LogP contribution < -0.4 is 4.74 Å². The van der Waals surface area contributed by atoms with E-state index in [1.165, 1.54) is 10.2 Å². The van der Waals surface area contributed by atoms with Crippen molar-refractivity contribution in [2.24, 2.45) is 0 Å². The monoisotopic (exact) mass is 272 g/mol. The van der Waals surface area contributed by atoms with Gasteiger partial charge in [-0.05, 0) is 51.0 Å². The van der Waals surface area contributed by atoms with E-state index in [4.69, 9.17) is 4.74 Å². The van der Waals surface area contributed by atoms with Crippen LogP contribution in [0, 0.1) is 13.8 Å². The third-order valence-electron chi connectivity index (χ3n) is 3.21. The smallest absolute Gasteiger partial charge is 0.287 e. The largest absolute Gasteiger partial charge is 0.481 e. The zero-order chi connectivity index (χ0) is 14.7. The molecule has 0 fully saturated rings. The predicted octanol–water partition coefficient (Wildman–Crippen LogP) is 3.17. The summed E-state index contributed by atoms with van der Waals surface area (Å²) in [5.74, 6) is 0.541. The minimum atomic E-state index is -0.569. The second-order valence-electron chi connectivity index (χ2n) is 4.93. The minimum Gasteiger partial charge on any atom is -0.481 e. The van der Waals surface area contributed by atoms with E-state index in [0.29, 0.717) is 5.75 Å². The molecule has 1 aromatic heterocycles. The number of ether oxygens (including phenoxy) is 1. The van der Waals surface area contributed by atoms with Crippen molar-refractivity contribution >= 4 is 5.91 Å². The van der Waals surface area contributed by atoms with Crippen LogP contribution >= 0.6 is 0 Å². The molecule has 106 valence electrons. The number of aryl methyl sites for hydroxylation is 3. The van der Waals surface area contributed by atoms with E-state index < -0.39 is 6.10 Å². The van der Waals surface area contributed by atoms with Crippen LogP contribution in [0.5, 0.6) is 5.75 Å². The molecular weight excluding hydrogens is 252 g/mol. The number of nitrogens with zero attached hydrogens (tertiary/aromatic N) is 2. The Morgan fingerprint density at radius 2 is 1.95 bits per heavy atom. The highest BCUT2D eigenvalue weighted by molar-refractivity contribution is 5.83. The summed E-state index contributed by atoms with van der Waals surface area (Å²) >= 11 is 0. The summed E-state index contributed by atoms with van der Waals surface area (Å²) in [7, 11) is 0. The van der Waals surface area contributed by atoms with Gasteiger partial charge in [-0.1, -0.05) is 19.1 Å². The summed E-state index contributed by atoms with van der Waals surface area (Å²) in [6.45, 7) is 7.57. The fourth-order valence-electron chi connectivity index (χ4n) is 2.08. The lowest BCUT2D eigenvalue weighted by Gasteiger charge is -2.14. The van der Waals surface area contributed by atoms with Crippen molar-refractivity contribution in [3.05, 3.63) is 47.3 Å². The molecule has 1 unspecified atom stereocenters. The van der Waals surface area contributed by atoms with Gasteiger partial charge in [0.05, 0.1) is 5.69 Å². The van der Waals surface area contributed by atoms with Gasteiger partial charge >= 0.3 is 0 Å². The third-order valence-corrected chi connectivity index (χ3v) is 3.21. The van der Waals surface area contributed by atoms with Gasteiger partial charge in [0, 0.05) is 5.69 Å². The first-order valence-electron chi connectivity index (χ1n) is 6.84. The molecule has 0 spiro atoms. The molecular formula is C16H20N2O2. The topological polar surface area (TPSA) is 44.1 Å². The van der Waals surface area contributed by atoms with Crippen LogP contribution in [0.4, 0.5) is 0 Å². The molecule has 0 saturated heterocycles. The van der Waals surface area contributed by atoms with E-state index in [2.05, 4.69) is 12.0 Å². The average molecular weight is 272 g/mol. The summed E-state index contributed by atoms with van der Waals surface area (Å²) in [5, 5.41) is 4.19. The maximum Gasteiger partial charge on any atom is 0.287 e. The molecule has 0 N–H and O–H groups in total. The van der Waals surface area contributed by atoms with Gasteiger partial charge in [-0.3, -0.25) is 4.79 Å². The zero-order valence-corrected chi connectivity index (χ0v) is 12.4. The molecule has 0 amide bonds. The standard InChI is InChI=1S/C16H20N2O2/c1-5-14-6-8-15(9-7-14)20-13(4)16(19)18-12(3)10-11(2)17-18/h6-10,13H,5H2,1-4H3. The number of carbonyl (C=O) groups excluding carboxylic acids is 1. The molecule has 0 radical (unpaired) electrons. The molecule has 0 saturated carbocycles. The van der Waals surface area contributed by atoms with E-state index in [1.54, 1.807) is 6.92 Å². The maximum atomic E-state index is 12.3. The van der Waals surface area contributed by atoms with Crippen molar-refractivity contribution in [3.63, 3.8) is 0 Å². The van der Waals surface area contributed by atoms with E-state index in [9.17, 15) is 4.79 Å². The first-order valence-corrected chi connectivity index (χ1v) is 6.84. The second kappa shape index (κ2) is 5.90. The molecule has 0 aliphatic heterocycles. The van der Waals surface area contributed by atoms with E-state index in [0.717, 1.165) is 17.8 Å². The summed E-state index contributed by atoms with van der Waals surface area (Å²) in [5.41, 5.74) is 2.90. The lowest BCUT2D eigenvalue weighted by molar-refractivity contribution is 0.0707. The molecule has 0 aliphatic rings. The molecule has 4 nitrogen and oxygen atoms in total. The van der Waals surface area contributed by atoms with Crippen molar-refractivity contribution in [2.45, 2.75) is 40.2 Å². The van der Waals surface area contributed by atoms with Crippen molar-refractivity contribution < 1.29 is 9.53 Å². The van der Waals surface area contributed by atoms with Crippen molar-refractivity contribution in [3.8, 4) is 5.75 Å². The number of hydrogen-bond acceptors (Lipinski definition) is 3. The highest BCUT2D eigenvalue weighted by Gasteiger charge is 2.19. The van der Waals surface area contributed by atoms with Crippen molar-refractivity contribution in [1.29, 1.82) is 0 Å². The lowest BCUT2D eigenvalue weighted by atomic mass is 10.2. The fourth-order valence-corrected chi connectivity index (χ4v) is 2.08. The summed E-state index contributed by atoms with van der Waals surface area (Å²) in [6, 6.07) is 9.68. The Morgan fingerprint density at radius 3 is 2.45 bits per heavy atom. The SMILES string of the molecule is CCc1ccc(OC(C)C(=O)n2nc(C)cc2C)cc1. The number of carbonyl (C=O) groups is 1. The van der Waals surface area contributed by atoms with Gasteiger partial charge in [0.15, 0.2) is 6.10 Å². The number of rotatable bonds is 4. The van der Waals surface area contributed by atoms with Crippen LogP contribution in [-0.2, 0) is 6.42 Å². The Labute approximate surface area is 119 Å². The number of hydrogen-bond donors (Lipinski definition) is 0. The van der Waals surface area contributed by atoms with Gasteiger partial charge in [0.1, 0.15) is 5.75 Å². The van der Waals surface area contributed by atoms with Gasteiger partial charge in [-0.15, -0.1) is 0 Å². The van der Waals surface area contributed by atoms with Gasteiger partial charge in [-0.25, -0.2) is 4.68 Å². The highest BCUT2D eigenvalue weighted by Crippen LogP contribution is 2.15. The summed E-state index contributed by atoms with van der Waals surface area (Å²) in [6.07, 6.45) is 0.418. The first-order chi connectivity index (χ1) is 9.51. The second-order valence-corrected chi connectivity index (χ2v) is 4.93. The lowest BCUT2D eigenvalue weighted by Crippen LogP contribution is -2.30. The van der Waals surface area contributed by atoms with Crippen LogP contribution in [0.2, 0.25) is 0 Å². The maximum absolute atomic E-state index is 12.3. The molecule has 20 heavy (non-hydrogen) atoms. The molecule has 1 aromatic carbocycles. The number of aromatic nitrogens is 2. The van der Waals surface area contributed by atoms with Crippen molar-refractivity contribution in [2.75, 3.05) is 0 Å². The Bertz CT molecular complexity index is 599. The highest BCUT2D eigenvalue weighted by atomic mass is 16.5. The van der Waals surface area contributed by atoms with Gasteiger partial charge < -0.3 is 4.74 Å². The molecule has 1 heterocycles. The van der Waals surface area contributed by atoms with E-state index in [-0.39, 0.29) is 5.91 Å². The van der Waals surface area contributed by atoms with Crippen LogP contribution in [-0.4, -0.2) is 21.8 Å². The molecule has 2 rings (SSSR count). The molecule has 0 bridgehead atoms. The van der Waals surface area contributed by atoms with E-state index in [1.807, 2.05) is 44.2 Å². The molecule has 2 aromatic rings. The molecule has 4 heteroatoms. The Hall–Kier alpha value is -2.10. The summed E-state index contributed by atoms with van der Waals surface area (Å²) < 4.78 is 7.09. The van der Waals surface area contributed by atoms with Gasteiger partial charge in [0.25, 0.3) is 5.91 Å². The Balaban J connectivity index is 2.09. The quantitative estimate of drug-likeness (QED) is 0.858. The predicted molar refractivity (Wildman–Crippen MR) is 78.2 cm³/mol. The minimum absolute atomic E-state index is 0.157. The summed E-state index contributed by atoms with van der Waals surface area (Å²) in [4.78, 5) is 12.3. The Kier molecular flexibility index (Phi) is 4.23. The fraction of sp³-hybridized carbons (Fsp3) is 0.375. The Morgan fingerprint density at radius 1 is 1.30 bits per heavy atom. The average Bonchev–Trinajstić information content (AvgIpc) is 2.77. The van der Waals surface area contributed by atoms with Crippen LogP contribution in [0.15, 0.2) is 30.3 Å². The van der Waals surface area contributed by atoms with Crippen LogP contribution in [0.1, 0.15) is 35.6 Å². The van der Waals surface area contributed by atoms with Gasteiger partial charge in [0.2, 0.25) is 0 Å². The molecule has 0 aliphatic carbocycles. The van der Waals surface area contributed by atoms with Crippen LogP contribution in [0.25, 0.3) is 0 Å². The van der Waals surface area contributed by atoms with Gasteiger partial charge in [-0.2, -0.15) is 5.10 Å². The number of benzene rings is 1. The first kappa shape index (κ1) is 14.3. The zero-order valence-electron chi connectivity index (χ0n) is 12.4. The normalized spacial score (nSPS) is 12.2. The molecule has 1 atom stereocenters. The van der Waals surface area contributed by atoms with Crippen LogP contribution in [0.3, 0.4) is 0 Å². The van der Waals surface area contributed by atoms with E-state index >= 15 is 0 Å². The third kappa shape index (κ3) is 3.07.